The van der Waals surface area contributed by atoms with Gasteiger partial charge in [-0.2, -0.15) is 0 Å². The van der Waals surface area contributed by atoms with E-state index in [-0.39, 0.29) is 6.54 Å². The number of thiazole rings is 1. The molecule has 4 rings (SSSR count). The normalized spacial score (nSPS) is 11.4. The van der Waals surface area contributed by atoms with Crippen molar-refractivity contribution in [1.29, 1.82) is 0 Å². The standard InChI is InChI=1S/C25H24ClN3O3S/c1-25(2,3)32-24(30)29(15-16-5-9-20(31-4)10-6-16)23-28-22(26)21(33-23)18-7-8-19-14-27-12-11-17(19)13-18/h5-14H,15H2,1-4H3. The van der Waals surface area contributed by atoms with Gasteiger partial charge in [0.2, 0.25) is 0 Å². The molecule has 33 heavy (non-hydrogen) atoms. The zero-order chi connectivity index (χ0) is 23.6. The number of amides is 1. The number of carbonyl (C=O) groups excluding carboxylic acids is 1. The minimum atomic E-state index is -0.647. The van der Waals surface area contributed by atoms with Gasteiger partial charge in [0.1, 0.15) is 16.5 Å². The van der Waals surface area contributed by atoms with E-state index in [9.17, 15) is 4.79 Å². The van der Waals surface area contributed by atoms with Crippen molar-refractivity contribution >= 4 is 44.9 Å². The molecule has 0 bridgehead atoms. The van der Waals surface area contributed by atoms with Crippen LogP contribution in [0.1, 0.15) is 26.3 Å². The Morgan fingerprint density at radius 2 is 1.85 bits per heavy atom. The number of ether oxygens (including phenoxy) is 2. The van der Waals surface area contributed by atoms with Crippen LogP contribution in [0.4, 0.5) is 9.93 Å². The van der Waals surface area contributed by atoms with Crippen LogP contribution in [0.15, 0.2) is 60.9 Å². The first-order chi connectivity index (χ1) is 15.7. The number of aromatic nitrogens is 2. The van der Waals surface area contributed by atoms with Crippen molar-refractivity contribution in [2.45, 2.75) is 32.9 Å². The van der Waals surface area contributed by atoms with E-state index in [0.717, 1.165) is 32.5 Å². The van der Waals surface area contributed by atoms with Gasteiger partial charge in [0, 0.05) is 17.8 Å². The molecule has 0 unspecified atom stereocenters. The van der Waals surface area contributed by atoms with Gasteiger partial charge in [-0.15, -0.1) is 0 Å². The van der Waals surface area contributed by atoms with Crippen LogP contribution in [0.2, 0.25) is 5.15 Å². The quantitative estimate of drug-likeness (QED) is 0.308. The lowest BCUT2D eigenvalue weighted by molar-refractivity contribution is 0.0577. The minimum Gasteiger partial charge on any atom is -0.497 e. The first-order valence-electron chi connectivity index (χ1n) is 10.4. The molecular formula is C25H24ClN3O3S. The van der Waals surface area contributed by atoms with Gasteiger partial charge in [0.05, 0.1) is 18.5 Å². The van der Waals surface area contributed by atoms with Crippen LogP contribution in [-0.2, 0) is 11.3 Å². The Labute approximate surface area is 201 Å². The Hall–Kier alpha value is -3.16. The molecule has 8 heteroatoms. The van der Waals surface area contributed by atoms with Gasteiger partial charge >= 0.3 is 6.09 Å². The highest BCUT2D eigenvalue weighted by Crippen LogP contribution is 2.39. The van der Waals surface area contributed by atoms with E-state index in [1.807, 2.05) is 75.5 Å². The summed E-state index contributed by atoms with van der Waals surface area (Å²) in [6.45, 7) is 5.79. The highest BCUT2D eigenvalue weighted by molar-refractivity contribution is 7.19. The maximum absolute atomic E-state index is 13.1. The van der Waals surface area contributed by atoms with Crippen molar-refractivity contribution in [2.24, 2.45) is 0 Å². The number of methoxy groups -OCH3 is 1. The monoisotopic (exact) mass is 481 g/mol. The second-order valence-electron chi connectivity index (χ2n) is 8.47. The van der Waals surface area contributed by atoms with E-state index >= 15 is 0 Å². The van der Waals surface area contributed by atoms with Crippen molar-refractivity contribution in [2.75, 3.05) is 12.0 Å². The molecule has 0 N–H and O–H groups in total. The Morgan fingerprint density at radius 3 is 2.55 bits per heavy atom. The second-order valence-corrected chi connectivity index (χ2v) is 9.80. The molecule has 0 saturated carbocycles. The molecule has 0 saturated heterocycles. The molecule has 2 aromatic heterocycles. The lowest BCUT2D eigenvalue weighted by Gasteiger charge is -2.26. The number of hydrogen-bond donors (Lipinski definition) is 0. The highest BCUT2D eigenvalue weighted by Gasteiger charge is 2.27. The SMILES string of the molecule is COc1ccc(CN(C(=O)OC(C)(C)C)c2nc(Cl)c(-c3ccc4cnccc4c3)s2)cc1. The fourth-order valence-corrected chi connectivity index (χ4v) is 4.55. The van der Waals surface area contributed by atoms with Crippen LogP contribution in [0.5, 0.6) is 5.75 Å². The van der Waals surface area contributed by atoms with Gasteiger partial charge in [0.15, 0.2) is 5.13 Å². The third-order valence-electron chi connectivity index (χ3n) is 4.82. The summed E-state index contributed by atoms with van der Waals surface area (Å²) in [6.07, 6.45) is 3.09. The Morgan fingerprint density at radius 1 is 1.09 bits per heavy atom. The summed E-state index contributed by atoms with van der Waals surface area (Å²) in [7, 11) is 1.62. The summed E-state index contributed by atoms with van der Waals surface area (Å²) in [4.78, 5) is 24.1. The average molecular weight is 482 g/mol. The first kappa shape index (κ1) is 23.0. The van der Waals surface area contributed by atoms with Gasteiger partial charge in [-0.3, -0.25) is 4.98 Å². The number of halogens is 1. The number of rotatable bonds is 5. The third-order valence-corrected chi connectivity index (χ3v) is 6.33. The van der Waals surface area contributed by atoms with Crippen LogP contribution >= 0.6 is 22.9 Å². The molecule has 0 aliphatic rings. The lowest BCUT2D eigenvalue weighted by Crippen LogP contribution is -2.36. The lowest BCUT2D eigenvalue weighted by atomic mass is 10.1. The summed E-state index contributed by atoms with van der Waals surface area (Å²) in [5.74, 6) is 0.744. The predicted molar refractivity (Wildman–Crippen MR) is 133 cm³/mol. The zero-order valence-electron chi connectivity index (χ0n) is 18.8. The number of fused-ring (bicyclic) bond motifs is 1. The zero-order valence-corrected chi connectivity index (χ0v) is 20.4. The van der Waals surface area contributed by atoms with Gasteiger partial charge in [0.25, 0.3) is 0 Å². The number of benzene rings is 2. The van der Waals surface area contributed by atoms with Crippen molar-refractivity contribution < 1.29 is 14.3 Å². The maximum atomic E-state index is 13.1. The second kappa shape index (κ2) is 9.37. The van der Waals surface area contributed by atoms with E-state index in [1.165, 1.54) is 16.2 Å². The average Bonchev–Trinajstić information content (AvgIpc) is 3.17. The van der Waals surface area contributed by atoms with Crippen molar-refractivity contribution in [3.8, 4) is 16.2 Å². The fourth-order valence-electron chi connectivity index (χ4n) is 3.25. The highest BCUT2D eigenvalue weighted by atomic mass is 35.5. The Kier molecular flexibility index (Phi) is 6.54. The molecule has 0 atom stereocenters. The molecule has 2 aromatic carbocycles. The Bertz CT molecular complexity index is 1280. The smallest absolute Gasteiger partial charge is 0.416 e. The van der Waals surface area contributed by atoms with Crippen LogP contribution in [0.3, 0.4) is 0 Å². The summed E-state index contributed by atoms with van der Waals surface area (Å²) in [5.41, 5.74) is 1.19. The molecule has 0 fully saturated rings. The molecule has 0 spiro atoms. The van der Waals surface area contributed by atoms with Gasteiger partial charge in [-0.25, -0.2) is 14.7 Å². The van der Waals surface area contributed by atoms with E-state index in [4.69, 9.17) is 21.1 Å². The topological polar surface area (TPSA) is 64.5 Å². The summed E-state index contributed by atoms with van der Waals surface area (Å²) in [5, 5.41) is 2.90. The van der Waals surface area contributed by atoms with Crippen LogP contribution < -0.4 is 9.64 Å². The minimum absolute atomic E-state index is 0.283. The fraction of sp³-hybridized carbons (Fsp3) is 0.240. The van der Waals surface area contributed by atoms with Gasteiger partial charge in [-0.1, -0.05) is 47.2 Å². The maximum Gasteiger partial charge on any atom is 0.416 e. The molecule has 1 amide bonds. The Balaban J connectivity index is 1.70. The molecule has 6 nitrogen and oxygen atoms in total. The van der Waals surface area contributed by atoms with E-state index in [2.05, 4.69) is 9.97 Å². The first-order valence-corrected chi connectivity index (χ1v) is 11.6. The summed E-state index contributed by atoms with van der Waals surface area (Å²) >= 11 is 7.90. The number of pyridine rings is 1. The summed E-state index contributed by atoms with van der Waals surface area (Å²) in [6, 6.07) is 15.5. The molecule has 0 radical (unpaired) electrons. The van der Waals surface area contributed by atoms with Gasteiger partial charge in [-0.05, 0) is 61.5 Å². The number of carbonyl (C=O) groups is 1. The van der Waals surface area contributed by atoms with Crippen molar-refractivity contribution in [1.82, 2.24) is 9.97 Å². The van der Waals surface area contributed by atoms with E-state index < -0.39 is 11.7 Å². The molecule has 0 aliphatic heterocycles. The van der Waals surface area contributed by atoms with Crippen LogP contribution in [-0.4, -0.2) is 28.8 Å². The molecular weight excluding hydrogens is 458 g/mol. The predicted octanol–water partition coefficient (Wildman–Crippen LogP) is 6.96. The third kappa shape index (κ3) is 5.43. The largest absolute Gasteiger partial charge is 0.497 e. The number of anilines is 1. The number of hydrogen-bond acceptors (Lipinski definition) is 6. The molecule has 2 heterocycles. The van der Waals surface area contributed by atoms with E-state index in [1.54, 1.807) is 13.3 Å². The van der Waals surface area contributed by atoms with Gasteiger partial charge < -0.3 is 9.47 Å². The van der Waals surface area contributed by atoms with Crippen LogP contribution in [0, 0.1) is 0 Å². The molecule has 4 aromatic rings. The molecule has 170 valence electrons. The summed E-state index contributed by atoms with van der Waals surface area (Å²) < 4.78 is 10.9. The number of nitrogens with zero attached hydrogens (tertiary/aromatic N) is 3. The van der Waals surface area contributed by atoms with E-state index in [0.29, 0.717) is 10.3 Å². The molecule has 0 aliphatic carbocycles. The van der Waals surface area contributed by atoms with Crippen molar-refractivity contribution in [3.63, 3.8) is 0 Å². The van der Waals surface area contributed by atoms with Crippen LogP contribution in [0.25, 0.3) is 21.2 Å². The van der Waals surface area contributed by atoms with Crippen molar-refractivity contribution in [3.05, 3.63) is 71.6 Å².